The molecule has 5 rings (SSSR count). The molecule has 0 amide bonds. The Morgan fingerprint density at radius 1 is 1.35 bits per heavy atom. The summed E-state index contributed by atoms with van der Waals surface area (Å²) in [4.78, 5) is 22.4. The molecule has 5 heterocycles. The van der Waals surface area contributed by atoms with E-state index in [1.54, 1.807) is 17.7 Å². The number of nitrogens with zero attached hydrogens (tertiary/aromatic N) is 7. The van der Waals surface area contributed by atoms with Gasteiger partial charge in [0.15, 0.2) is 10.8 Å². The SMILES string of the molecule is [C-]#[N+]CN1CCN(c2nc3c(C(C)C)c(-c4cc(C)c5ncnn5c4)[nH]c3s2)[C@H](C)C1. The fourth-order valence-electron chi connectivity index (χ4n) is 4.56. The molecule has 0 bridgehead atoms. The number of hydrogen-bond acceptors (Lipinski definition) is 6. The van der Waals surface area contributed by atoms with Gasteiger partial charge in [0.1, 0.15) is 16.7 Å². The molecule has 1 aliphatic heterocycles. The first kappa shape index (κ1) is 20.0. The number of anilines is 1. The summed E-state index contributed by atoms with van der Waals surface area (Å²) in [7, 11) is 0. The van der Waals surface area contributed by atoms with Crippen molar-refractivity contribution in [2.45, 2.75) is 39.7 Å². The first-order chi connectivity index (χ1) is 15.0. The van der Waals surface area contributed by atoms with Crippen molar-refractivity contribution in [2.24, 2.45) is 0 Å². The third-order valence-electron chi connectivity index (χ3n) is 6.03. The molecule has 1 saturated heterocycles. The predicted molar refractivity (Wildman–Crippen MR) is 125 cm³/mol. The van der Waals surface area contributed by atoms with Crippen molar-refractivity contribution in [1.29, 1.82) is 0 Å². The van der Waals surface area contributed by atoms with E-state index >= 15 is 0 Å². The molecule has 0 aliphatic carbocycles. The van der Waals surface area contributed by atoms with Gasteiger partial charge in [-0.25, -0.2) is 26.0 Å². The van der Waals surface area contributed by atoms with Crippen molar-refractivity contribution in [2.75, 3.05) is 31.2 Å². The molecule has 0 aromatic carbocycles. The van der Waals surface area contributed by atoms with Crippen LogP contribution < -0.4 is 4.90 Å². The van der Waals surface area contributed by atoms with Crippen molar-refractivity contribution < 1.29 is 0 Å². The minimum absolute atomic E-state index is 0.332. The third kappa shape index (κ3) is 3.36. The average Bonchev–Trinajstić information content (AvgIpc) is 3.41. The summed E-state index contributed by atoms with van der Waals surface area (Å²) >= 11 is 1.72. The van der Waals surface area contributed by atoms with Crippen LogP contribution in [0.1, 0.15) is 37.8 Å². The lowest BCUT2D eigenvalue weighted by Gasteiger charge is -2.37. The smallest absolute Gasteiger partial charge is 0.270 e. The molecule has 1 aliphatic rings. The Balaban J connectivity index is 1.54. The van der Waals surface area contributed by atoms with Crippen molar-refractivity contribution >= 4 is 32.5 Å². The van der Waals surface area contributed by atoms with Crippen LogP contribution in [0.2, 0.25) is 0 Å². The highest BCUT2D eigenvalue weighted by molar-refractivity contribution is 7.21. The van der Waals surface area contributed by atoms with Crippen LogP contribution in [0.5, 0.6) is 0 Å². The number of pyridine rings is 1. The molecule has 9 heteroatoms. The van der Waals surface area contributed by atoms with Gasteiger partial charge < -0.3 is 9.88 Å². The Morgan fingerprint density at radius 2 is 2.19 bits per heavy atom. The van der Waals surface area contributed by atoms with E-state index in [4.69, 9.17) is 11.6 Å². The minimum Gasteiger partial charge on any atom is -0.345 e. The molecule has 0 saturated carbocycles. The molecule has 8 nitrogen and oxygen atoms in total. The van der Waals surface area contributed by atoms with E-state index in [0.717, 1.165) is 57.6 Å². The monoisotopic (exact) mass is 434 g/mol. The number of thiazole rings is 1. The fraction of sp³-hybridized carbons (Fsp3) is 0.455. The number of hydrogen-bond donors (Lipinski definition) is 1. The van der Waals surface area contributed by atoms with E-state index in [0.29, 0.717) is 18.6 Å². The van der Waals surface area contributed by atoms with Crippen LogP contribution in [0.15, 0.2) is 18.6 Å². The first-order valence-electron chi connectivity index (χ1n) is 10.6. The van der Waals surface area contributed by atoms with Gasteiger partial charge in [0.2, 0.25) is 0 Å². The zero-order chi connectivity index (χ0) is 21.7. The molecule has 31 heavy (non-hydrogen) atoms. The molecule has 0 unspecified atom stereocenters. The normalized spacial score (nSPS) is 17.8. The fourth-order valence-corrected chi connectivity index (χ4v) is 5.68. The summed E-state index contributed by atoms with van der Waals surface area (Å²) in [5.74, 6) is 0.332. The van der Waals surface area contributed by atoms with Crippen molar-refractivity contribution in [1.82, 2.24) is 29.5 Å². The molecule has 1 atom stereocenters. The maximum absolute atomic E-state index is 7.12. The van der Waals surface area contributed by atoms with Gasteiger partial charge in [-0.1, -0.05) is 25.2 Å². The number of nitrogens with one attached hydrogen (secondary N) is 1. The van der Waals surface area contributed by atoms with Crippen molar-refractivity contribution in [3.05, 3.63) is 41.1 Å². The van der Waals surface area contributed by atoms with Crippen LogP contribution in [-0.4, -0.2) is 61.8 Å². The summed E-state index contributed by atoms with van der Waals surface area (Å²) in [5.41, 5.74) is 6.52. The largest absolute Gasteiger partial charge is 0.345 e. The number of aromatic amines is 1. The van der Waals surface area contributed by atoms with Gasteiger partial charge in [0, 0.05) is 43.0 Å². The van der Waals surface area contributed by atoms with Crippen LogP contribution in [0.4, 0.5) is 5.13 Å². The Kier molecular flexibility index (Phi) is 4.91. The van der Waals surface area contributed by atoms with Crippen LogP contribution in [0.25, 0.3) is 32.1 Å². The molecule has 1 fully saturated rings. The number of fused-ring (bicyclic) bond motifs is 2. The zero-order valence-corrected chi connectivity index (χ0v) is 19.1. The van der Waals surface area contributed by atoms with Crippen LogP contribution in [0.3, 0.4) is 0 Å². The zero-order valence-electron chi connectivity index (χ0n) is 18.3. The maximum Gasteiger partial charge on any atom is 0.270 e. The van der Waals surface area contributed by atoms with E-state index < -0.39 is 0 Å². The Labute approximate surface area is 185 Å². The molecular formula is C22H26N8S. The first-order valence-corrected chi connectivity index (χ1v) is 11.4. The molecule has 0 spiro atoms. The van der Waals surface area contributed by atoms with Crippen molar-refractivity contribution in [3.8, 4) is 11.3 Å². The van der Waals surface area contributed by atoms with E-state index in [1.807, 2.05) is 10.7 Å². The van der Waals surface area contributed by atoms with Gasteiger partial charge in [-0.3, -0.25) is 4.85 Å². The van der Waals surface area contributed by atoms with Gasteiger partial charge >= 0.3 is 0 Å². The number of piperazine rings is 1. The number of H-pyrrole nitrogens is 1. The third-order valence-corrected chi connectivity index (χ3v) is 7.04. The van der Waals surface area contributed by atoms with Crippen LogP contribution >= 0.6 is 11.3 Å². The Bertz CT molecular complexity index is 1290. The van der Waals surface area contributed by atoms with Gasteiger partial charge in [0.25, 0.3) is 6.67 Å². The van der Waals surface area contributed by atoms with E-state index in [2.05, 4.69) is 63.5 Å². The molecule has 4 aromatic heterocycles. The number of aromatic nitrogens is 5. The Morgan fingerprint density at radius 3 is 2.94 bits per heavy atom. The number of aryl methyl sites for hydroxylation is 1. The second-order valence-corrected chi connectivity index (χ2v) is 9.58. The predicted octanol–water partition coefficient (Wildman–Crippen LogP) is 4.15. The second-order valence-electron chi connectivity index (χ2n) is 8.60. The summed E-state index contributed by atoms with van der Waals surface area (Å²) < 4.78 is 1.84. The standard InChI is InChI=1S/C22H26N8S/c1-13(2)17-18(16-8-14(3)20-24-11-25-30(20)10-16)26-21-19(17)27-22(31-21)29-7-6-28(12-23-5)9-15(29)4/h8,10-11,13,15,26H,6-7,9,12H2,1-4H3/t15-/m1/s1. The lowest BCUT2D eigenvalue weighted by atomic mass is 9.99. The summed E-state index contributed by atoms with van der Waals surface area (Å²) in [6, 6.07) is 2.51. The van der Waals surface area contributed by atoms with E-state index in [-0.39, 0.29) is 0 Å². The molecule has 0 radical (unpaired) electrons. The highest BCUT2D eigenvalue weighted by Crippen LogP contribution is 2.40. The summed E-state index contributed by atoms with van der Waals surface area (Å²) in [5, 5.41) is 5.40. The topological polar surface area (TPSA) is 69.7 Å². The lowest BCUT2D eigenvalue weighted by molar-refractivity contribution is 0.250. The highest BCUT2D eigenvalue weighted by Gasteiger charge is 2.29. The lowest BCUT2D eigenvalue weighted by Crippen LogP contribution is -2.51. The molecular weight excluding hydrogens is 408 g/mol. The Hall–Kier alpha value is -2.96. The van der Waals surface area contributed by atoms with Crippen LogP contribution in [0, 0.1) is 13.5 Å². The quantitative estimate of drug-likeness (QED) is 0.489. The molecule has 1 N–H and O–H groups in total. The van der Waals surface area contributed by atoms with E-state index in [1.165, 1.54) is 5.56 Å². The van der Waals surface area contributed by atoms with Crippen LogP contribution in [-0.2, 0) is 0 Å². The van der Waals surface area contributed by atoms with Gasteiger partial charge in [-0.2, -0.15) is 5.10 Å². The summed E-state index contributed by atoms with van der Waals surface area (Å²) in [6.07, 6.45) is 3.63. The second kappa shape index (κ2) is 7.62. The molecule has 160 valence electrons. The van der Waals surface area contributed by atoms with Gasteiger partial charge in [-0.05, 0) is 31.4 Å². The highest BCUT2D eigenvalue weighted by atomic mass is 32.1. The minimum atomic E-state index is 0.332. The van der Waals surface area contributed by atoms with Gasteiger partial charge in [-0.15, -0.1) is 0 Å². The van der Waals surface area contributed by atoms with Gasteiger partial charge in [0.05, 0.1) is 5.69 Å². The van der Waals surface area contributed by atoms with E-state index in [9.17, 15) is 0 Å². The maximum atomic E-state index is 7.12. The van der Waals surface area contributed by atoms with Crippen molar-refractivity contribution in [3.63, 3.8) is 0 Å². The summed E-state index contributed by atoms with van der Waals surface area (Å²) in [6.45, 7) is 19.0. The average molecular weight is 435 g/mol. The molecule has 4 aromatic rings. The number of rotatable bonds is 4.